The van der Waals surface area contributed by atoms with Gasteiger partial charge in [0.05, 0.1) is 5.69 Å². The van der Waals surface area contributed by atoms with Crippen molar-refractivity contribution < 1.29 is 4.79 Å². The minimum atomic E-state index is 0.142. The molecule has 0 spiro atoms. The Morgan fingerprint density at radius 1 is 1.50 bits per heavy atom. The molecule has 0 saturated heterocycles. The van der Waals surface area contributed by atoms with Crippen molar-refractivity contribution in [1.29, 1.82) is 0 Å². The minimum absolute atomic E-state index is 0.142. The second-order valence-corrected chi connectivity index (χ2v) is 3.03. The topological polar surface area (TPSA) is 22.0 Å². The van der Waals surface area contributed by atoms with Crippen molar-refractivity contribution in [3.63, 3.8) is 0 Å². The van der Waals surface area contributed by atoms with Gasteiger partial charge in [-0.15, -0.1) is 0 Å². The quantitative estimate of drug-likeness (QED) is 0.651. The Morgan fingerprint density at radius 3 is 3.08 bits per heavy atom. The van der Waals surface area contributed by atoms with E-state index in [0.717, 1.165) is 18.5 Å². The van der Waals surface area contributed by atoms with Crippen LogP contribution in [-0.4, -0.2) is 10.4 Å². The Hall–Kier alpha value is -1.31. The summed E-state index contributed by atoms with van der Waals surface area (Å²) in [6.07, 6.45) is 7.47. The van der Waals surface area contributed by atoms with Crippen molar-refractivity contribution in [3.05, 3.63) is 29.6 Å². The zero-order chi connectivity index (χ0) is 8.55. The Bertz CT molecular complexity index is 347. The molecule has 0 atom stereocenters. The van der Waals surface area contributed by atoms with Crippen LogP contribution in [0.4, 0.5) is 0 Å². The summed E-state index contributed by atoms with van der Waals surface area (Å²) in [5.74, 6) is 0.142. The Kier molecular flexibility index (Phi) is 1.61. The van der Waals surface area contributed by atoms with Crippen LogP contribution in [0.2, 0.25) is 0 Å². The standard InChI is InChI=1S/C10H11NO/c1-2-3-8-4-6-11-7-5-9(12)10(8)11/h4-7H,2-3H2,1H3. The molecule has 2 nitrogen and oxygen atoms in total. The van der Waals surface area contributed by atoms with Gasteiger partial charge in [0.2, 0.25) is 5.78 Å². The number of rotatable bonds is 2. The van der Waals surface area contributed by atoms with Gasteiger partial charge in [-0.2, -0.15) is 0 Å². The van der Waals surface area contributed by atoms with Gasteiger partial charge in [-0.3, -0.25) is 4.79 Å². The van der Waals surface area contributed by atoms with E-state index in [1.807, 2.05) is 23.0 Å². The summed E-state index contributed by atoms with van der Waals surface area (Å²) >= 11 is 0. The Balaban J connectivity index is 2.43. The van der Waals surface area contributed by atoms with Gasteiger partial charge in [-0.1, -0.05) is 13.3 Å². The molecule has 0 fully saturated rings. The highest BCUT2D eigenvalue weighted by Gasteiger charge is 2.17. The lowest BCUT2D eigenvalue weighted by molar-refractivity contribution is 0.104. The van der Waals surface area contributed by atoms with Gasteiger partial charge < -0.3 is 4.57 Å². The summed E-state index contributed by atoms with van der Waals surface area (Å²) in [6, 6.07) is 2.03. The number of hydrogen-bond acceptors (Lipinski definition) is 1. The summed E-state index contributed by atoms with van der Waals surface area (Å²) < 4.78 is 1.90. The van der Waals surface area contributed by atoms with Crippen LogP contribution in [0, 0.1) is 0 Å². The zero-order valence-electron chi connectivity index (χ0n) is 7.08. The lowest BCUT2D eigenvalue weighted by Crippen LogP contribution is -1.98. The third kappa shape index (κ3) is 0.916. The van der Waals surface area contributed by atoms with Crippen molar-refractivity contribution in [2.45, 2.75) is 19.8 Å². The van der Waals surface area contributed by atoms with Crippen LogP contribution in [0.15, 0.2) is 18.3 Å². The van der Waals surface area contributed by atoms with Crippen LogP contribution in [0.25, 0.3) is 6.20 Å². The Morgan fingerprint density at radius 2 is 2.33 bits per heavy atom. The van der Waals surface area contributed by atoms with E-state index in [1.165, 1.54) is 5.56 Å². The summed E-state index contributed by atoms with van der Waals surface area (Å²) in [6.45, 7) is 2.12. The molecule has 1 aliphatic rings. The van der Waals surface area contributed by atoms with Gasteiger partial charge in [-0.05, 0) is 18.1 Å². The van der Waals surface area contributed by atoms with E-state index < -0.39 is 0 Å². The normalized spacial score (nSPS) is 13.9. The highest BCUT2D eigenvalue weighted by Crippen LogP contribution is 2.19. The number of aryl methyl sites for hydroxylation is 1. The summed E-state index contributed by atoms with van der Waals surface area (Å²) in [4.78, 5) is 11.3. The molecule has 0 aromatic carbocycles. The molecule has 0 saturated carbocycles. The molecule has 2 heterocycles. The molecule has 1 aromatic heterocycles. The largest absolute Gasteiger partial charge is 0.320 e. The number of hydrogen-bond donors (Lipinski definition) is 0. The second-order valence-electron chi connectivity index (χ2n) is 3.03. The molecule has 0 unspecified atom stereocenters. The van der Waals surface area contributed by atoms with Crippen molar-refractivity contribution in [3.8, 4) is 0 Å². The lowest BCUT2D eigenvalue weighted by Gasteiger charge is -1.97. The SMILES string of the molecule is CCCc1ccn2c1C(=O)C=C2. The maximum atomic E-state index is 11.3. The molecule has 0 amide bonds. The van der Waals surface area contributed by atoms with Crippen molar-refractivity contribution in [2.24, 2.45) is 0 Å². The number of nitrogens with zero attached hydrogens (tertiary/aromatic N) is 1. The molecule has 62 valence electrons. The van der Waals surface area contributed by atoms with Gasteiger partial charge in [0.15, 0.2) is 0 Å². The van der Waals surface area contributed by atoms with Gasteiger partial charge in [0.25, 0.3) is 0 Å². The number of fused-ring (bicyclic) bond motifs is 1. The second kappa shape index (κ2) is 2.63. The van der Waals surface area contributed by atoms with Crippen LogP contribution in [0.1, 0.15) is 29.4 Å². The van der Waals surface area contributed by atoms with Crippen LogP contribution >= 0.6 is 0 Å². The maximum absolute atomic E-state index is 11.3. The van der Waals surface area contributed by atoms with E-state index in [1.54, 1.807) is 6.08 Å². The molecule has 2 rings (SSSR count). The van der Waals surface area contributed by atoms with E-state index >= 15 is 0 Å². The minimum Gasteiger partial charge on any atom is -0.320 e. The molecule has 0 radical (unpaired) electrons. The van der Waals surface area contributed by atoms with E-state index in [9.17, 15) is 4.79 Å². The van der Waals surface area contributed by atoms with Gasteiger partial charge in [-0.25, -0.2) is 0 Å². The predicted molar refractivity (Wildman–Crippen MR) is 48.1 cm³/mol. The number of carbonyl (C=O) groups is 1. The molecule has 0 bridgehead atoms. The fourth-order valence-corrected chi connectivity index (χ4v) is 1.60. The molecule has 12 heavy (non-hydrogen) atoms. The van der Waals surface area contributed by atoms with Crippen molar-refractivity contribution >= 4 is 12.0 Å². The zero-order valence-corrected chi connectivity index (χ0v) is 7.08. The van der Waals surface area contributed by atoms with Gasteiger partial charge in [0.1, 0.15) is 0 Å². The third-order valence-corrected chi connectivity index (χ3v) is 2.14. The monoisotopic (exact) mass is 161 g/mol. The Labute approximate surface area is 71.5 Å². The van der Waals surface area contributed by atoms with E-state index in [2.05, 4.69) is 6.92 Å². The summed E-state index contributed by atoms with van der Waals surface area (Å²) in [7, 11) is 0. The first-order chi connectivity index (χ1) is 5.83. The van der Waals surface area contributed by atoms with Crippen LogP contribution in [0.5, 0.6) is 0 Å². The number of aromatic nitrogens is 1. The van der Waals surface area contributed by atoms with Gasteiger partial charge in [0, 0.05) is 18.5 Å². The van der Waals surface area contributed by atoms with Crippen molar-refractivity contribution in [2.75, 3.05) is 0 Å². The molecular weight excluding hydrogens is 150 g/mol. The number of carbonyl (C=O) groups excluding carboxylic acids is 1. The fourth-order valence-electron chi connectivity index (χ4n) is 1.60. The molecule has 1 aromatic rings. The first kappa shape index (κ1) is 7.35. The first-order valence-corrected chi connectivity index (χ1v) is 4.25. The highest BCUT2D eigenvalue weighted by atomic mass is 16.1. The molecule has 2 heteroatoms. The van der Waals surface area contributed by atoms with E-state index in [0.29, 0.717) is 0 Å². The van der Waals surface area contributed by atoms with Crippen molar-refractivity contribution in [1.82, 2.24) is 4.57 Å². The summed E-state index contributed by atoms with van der Waals surface area (Å²) in [5.41, 5.74) is 2.03. The smallest absolute Gasteiger partial charge is 0.204 e. The number of ketones is 1. The average Bonchev–Trinajstić information content (AvgIpc) is 2.58. The molecule has 0 N–H and O–H groups in total. The van der Waals surface area contributed by atoms with Crippen LogP contribution in [0.3, 0.4) is 0 Å². The van der Waals surface area contributed by atoms with Crippen LogP contribution < -0.4 is 0 Å². The average molecular weight is 161 g/mol. The third-order valence-electron chi connectivity index (χ3n) is 2.14. The first-order valence-electron chi connectivity index (χ1n) is 4.25. The summed E-state index contributed by atoms with van der Waals surface area (Å²) in [5, 5.41) is 0. The molecule has 1 aliphatic heterocycles. The van der Waals surface area contributed by atoms with E-state index in [4.69, 9.17) is 0 Å². The number of allylic oxidation sites excluding steroid dienone is 1. The maximum Gasteiger partial charge on any atom is 0.204 e. The van der Waals surface area contributed by atoms with Crippen LogP contribution in [-0.2, 0) is 6.42 Å². The lowest BCUT2D eigenvalue weighted by atomic mass is 10.1. The molecule has 0 aliphatic carbocycles. The fraction of sp³-hybridized carbons (Fsp3) is 0.300. The molecular formula is C10H11NO. The van der Waals surface area contributed by atoms with Gasteiger partial charge >= 0.3 is 0 Å². The highest BCUT2D eigenvalue weighted by molar-refractivity contribution is 6.09. The van der Waals surface area contributed by atoms with E-state index in [-0.39, 0.29) is 5.78 Å². The predicted octanol–water partition coefficient (Wildman–Crippen LogP) is 2.11.